The van der Waals surface area contributed by atoms with Crippen molar-refractivity contribution in [3.63, 3.8) is 0 Å². The molecule has 1 saturated carbocycles. The summed E-state index contributed by atoms with van der Waals surface area (Å²) in [7, 11) is 0. The number of hydrogen-bond donors (Lipinski definition) is 1. The molecule has 0 amide bonds. The van der Waals surface area contributed by atoms with Crippen LogP contribution in [0.4, 0.5) is 10.1 Å². The summed E-state index contributed by atoms with van der Waals surface area (Å²) in [6, 6.07) is 10.4. The molecule has 1 fully saturated rings. The minimum absolute atomic E-state index is 0.151. The third-order valence-electron chi connectivity index (χ3n) is 6.11. The molecule has 2 aromatic carbocycles. The highest BCUT2D eigenvalue weighted by molar-refractivity contribution is 5.68. The van der Waals surface area contributed by atoms with E-state index in [1.807, 2.05) is 19.1 Å². The van der Waals surface area contributed by atoms with Gasteiger partial charge in [0.1, 0.15) is 5.82 Å². The second-order valence-electron chi connectivity index (χ2n) is 8.71. The summed E-state index contributed by atoms with van der Waals surface area (Å²) < 4.78 is 14.3. The molecule has 1 nitrogen and oxygen atoms in total. The van der Waals surface area contributed by atoms with Gasteiger partial charge in [0.05, 0.1) is 0 Å². The lowest BCUT2D eigenvalue weighted by atomic mass is 9.99. The average molecular weight is 364 g/mol. The van der Waals surface area contributed by atoms with Crippen molar-refractivity contribution in [2.75, 3.05) is 5.32 Å². The van der Waals surface area contributed by atoms with Gasteiger partial charge in [0.15, 0.2) is 0 Å². The van der Waals surface area contributed by atoms with Gasteiger partial charge in [0.2, 0.25) is 0 Å². The Morgan fingerprint density at radius 1 is 1.00 bits per heavy atom. The first kappa shape index (κ1) is 19.4. The molecule has 2 atom stereocenters. The Morgan fingerprint density at radius 2 is 1.67 bits per heavy atom. The zero-order valence-electron chi connectivity index (χ0n) is 17.3. The zero-order valence-corrected chi connectivity index (χ0v) is 17.3. The Balaban J connectivity index is 1.84. The van der Waals surface area contributed by atoms with Gasteiger partial charge in [-0.2, -0.15) is 0 Å². The number of aryl methyl sites for hydroxylation is 3. The maximum Gasteiger partial charge on any atom is 0.133 e. The van der Waals surface area contributed by atoms with Crippen LogP contribution >= 0.6 is 0 Å². The van der Waals surface area contributed by atoms with E-state index in [9.17, 15) is 4.39 Å². The van der Waals surface area contributed by atoms with E-state index in [0.29, 0.717) is 23.0 Å². The maximum absolute atomic E-state index is 14.3. The molecule has 2 unspecified atom stereocenters. The summed E-state index contributed by atoms with van der Waals surface area (Å²) in [4.78, 5) is 0. The molecule has 0 bridgehead atoms. The average Bonchev–Trinajstić information content (AvgIpc) is 3.15. The second-order valence-corrected chi connectivity index (χ2v) is 8.71. The van der Waals surface area contributed by atoms with Gasteiger partial charge in [-0.15, -0.1) is 0 Å². The molecule has 2 aromatic rings. The van der Waals surface area contributed by atoms with E-state index < -0.39 is 0 Å². The van der Waals surface area contributed by atoms with E-state index in [1.54, 1.807) is 6.92 Å². The van der Waals surface area contributed by atoms with Gasteiger partial charge < -0.3 is 5.32 Å². The SMILES string of the molecule is C=C(C)c1cc(NC(=C)C2C(c3ccc(C)c(C)c3)C2(C)C)cc(C)c1F. The van der Waals surface area contributed by atoms with Gasteiger partial charge in [0.25, 0.3) is 0 Å². The van der Waals surface area contributed by atoms with E-state index in [-0.39, 0.29) is 11.2 Å². The van der Waals surface area contributed by atoms with Crippen LogP contribution in [0.1, 0.15) is 54.5 Å². The monoisotopic (exact) mass is 363 g/mol. The Kier molecular flexibility index (Phi) is 4.80. The predicted octanol–water partition coefficient (Wildman–Crippen LogP) is 7.15. The van der Waals surface area contributed by atoms with Crippen molar-refractivity contribution in [3.8, 4) is 0 Å². The topological polar surface area (TPSA) is 12.0 Å². The van der Waals surface area contributed by atoms with Crippen molar-refractivity contribution in [3.05, 3.63) is 82.8 Å². The van der Waals surface area contributed by atoms with E-state index >= 15 is 0 Å². The standard InChI is InChI=1S/C25H30FN/c1-14(2)21-13-20(12-17(5)24(21)26)27-18(6)22-23(25(22,7)8)19-10-9-15(3)16(4)11-19/h9-13,22-23,27H,1,6H2,2-5,7-8H3. The molecule has 142 valence electrons. The van der Waals surface area contributed by atoms with Crippen molar-refractivity contribution < 1.29 is 4.39 Å². The van der Waals surface area contributed by atoms with Crippen LogP contribution in [-0.4, -0.2) is 0 Å². The zero-order chi connectivity index (χ0) is 20.1. The minimum atomic E-state index is -0.196. The van der Waals surface area contributed by atoms with Crippen molar-refractivity contribution >= 4 is 11.3 Å². The highest BCUT2D eigenvalue weighted by atomic mass is 19.1. The largest absolute Gasteiger partial charge is 0.359 e. The Hall–Kier alpha value is -2.35. The van der Waals surface area contributed by atoms with E-state index in [4.69, 9.17) is 0 Å². The lowest BCUT2D eigenvalue weighted by Gasteiger charge is -2.14. The Labute approximate surface area is 163 Å². The highest BCUT2D eigenvalue weighted by Crippen LogP contribution is 2.67. The normalized spacial score (nSPS) is 20.3. The molecule has 0 radical (unpaired) electrons. The van der Waals surface area contributed by atoms with Gasteiger partial charge in [-0.05, 0) is 79.0 Å². The molecule has 0 aromatic heterocycles. The quantitative estimate of drug-likeness (QED) is 0.595. The molecule has 0 spiro atoms. The van der Waals surface area contributed by atoms with Gasteiger partial charge in [0, 0.05) is 22.9 Å². The van der Waals surface area contributed by atoms with Crippen molar-refractivity contribution in [1.29, 1.82) is 0 Å². The van der Waals surface area contributed by atoms with Crippen molar-refractivity contribution in [2.24, 2.45) is 11.3 Å². The van der Waals surface area contributed by atoms with Gasteiger partial charge >= 0.3 is 0 Å². The number of nitrogens with one attached hydrogen (secondary N) is 1. The Bertz CT molecular complexity index is 936. The summed E-state index contributed by atoms with van der Waals surface area (Å²) in [5.41, 5.74) is 7.93. The van der Waals surface area contributed by atoms with Crippen molar-refractivity contribution in [1.82, 2.24) is 0 Å². The van der Waals surface area contributed by atoms with Gasteiger partial charge in [-0.1, -0.05) is 45.2 Å². The summed E-state index contributed by atoms with van der Waals surface area (Å²) >= 11 is 0. The third kappa shape index (κ3) is 3.45. The first-order valence-electron chi connectivity index (χ1n) is 9.53. The first-order chi connectivity index (χ1) is 12.5. The fourth-order valence-corrected chi connectivity index (χ4v) is 4.28. The van der Waals surface area contributed by atoms with Crippen LogP contribution in [0.5, 0.6) is 0 Å². The molecule has 1 aliphatic rings. The number of hydrogen-bond acceptors (Lipinski definition) is 1. The van der Waals surface area contributed by atoms with E-state index in [2.05, 4.69) is 64.4 Å². The lowest BCUT2D eigenvalue weighted by molar-refractivity contribution is 0.585. The molecule has 1 N–H and O–H groups in total. The summed E-state index contributed by atoms with van der Waals surface area (Å²) in [5, 5.41) is 3.45. The number of rotatable bonds is 5. The molecule has 3 rings (SSSR count). The van der Waals surface area contributed by atoms with Crippen LogP contribution < -0.4 is 5.32 Å². The van der Waals surface area contributed by atoms with Crippen LogP contribution in [0.3, 0.4) is 0 Å². The number of allylic oxidation sites excluding steroid dienone is 2. The van der Waals surface area contributed by atoms with Crippen LogP contribution in [0, 0.1) is 37.9 Å². The van der Waals surface area contributed by atoms with Gasteiger partial charge in [-0.25, -0.2) is 4.39 Å². The fourth-order valence-electron chi connectivity index (χ4n) is 4.28. The lowest BCUT2D eigenvalue weighted by Crippen LogP contribution is -2.05. The van der Waals surface area contributed by atoms with E-state index in [1.165, 1.54) is 16.7 Å². The number of benzene rings is 2. The van der Waals surface area contributed by atoms with Crippen LogP contribution in [0.15, 0.2) is 49.2 Å². The summed E-state index contributed by atoms with van der Waals surface area (Å²) in [5.74, 6) is 0.593. The van der Waals surface area contributed by atoms with Crippen LogP contribution in [0.25, 0.3) is 5.57 Å². The highest BCUT2D eigenvalue weighted by Gasteiger charge is 2.59. The molecular formula is C25H30FN. The molecule has 0 aliphatic heterocycles. The van der Waals surface area contributed by atoms with Gasteiger partial charge in [-0.3, -0.25) is 0 Å². The molecule has 2 heteroatoms. The Morgan fingerprint density at radius 3 is 2.26 bits per heavy atom. The molecular weight excluding hydrogens is 333 g/mol. The molecule has 1 aliphatic carbocycles. The first-order valence-corrected chi connectivity index (χ1v) is 9.53. The maximum atomic E-state index is 14.3. The summed E-state index contributed by atoms with van der Waals surface area (Å²) in [6.07, 6.45) is 0. The minimum Gasteiger partial charge on any atom is -0.359 e. The molecule has 27 heavy (non-hydrogen) atoms. The second kappa shape index (κ2) is 6.67. The van der Waals surface area contributed by atoms with Crippen LogP contribution in [0.2, 0.25) is 0 Å². The fraction of sp³-hybridized carbons (Fsp3) is 0.360. The smallest absolute Gasteiger partial charge is 0.133 e. The third-order valence-corrected chi connectivity index (χ3v) is 6.11. The molecule has 0 heterocycles. The number of halogens is 1. The molecule has 0 saturated heterocycles. The van der Waals surface area contributed by atoms with Crippen molar-refractivity contribution in [2.45, 2.75) is 47.5 Å². The summed E-state index contributed by atoms with van der Waals surface area (Å²) in [6.45, 7) is 20.7. The van der Waals surface area contributed by atoms with E-state index in [0.717, 1.165) is 17.0 Å². The number of anilines is 1. The predicted molar refractivity (Wildman–Crippen MR) is 115 cm³/mol. The van der Waals surface area contributed by atoms with Crippen LogP contribution in [-0.2, 0) is 0 Å².